The molecule has 0 spiro atoms. The first-order valence-corrected chi connectivity index (χ1v) is 4.63. The SMILES string of the molecule is Cc1cc(C(=O)N(C)CC(C)C#N)no1. The Balaban J connectivity index is 2.65. The number of rotatable bonds is 3. The lowest BCUT2D eigenvalue weighted by molar-refractivity contribution is 0.0775. The molecule has 1 amide bonds. The number of nitriles is 1. The van der Waals surface area contributed by atoms with Crippen LogP contribution < -0.4 is 0 Å². The van der Waals surface area contributed by atoms with E-state index in [0.29, 0.717) is 12.3 Å². The molecular weight excluding hydrogens is 194 g/mol. The van der Waals surface area contributed by atoms with E-state index >= 15 is 0 Å². The Bertz CT molecular complexity index is 392. The van der Waals surface area contributed by atoms with Crippen molar-refractivity contribution in [3.8, 4) is 6.07 Å². The smallest absolute Gasteiger partial charge is 0.275 e. The molecule has 0 bridgehead atoms. The molecule has 0 N–H and O–H groups in total. The third-order valence-electron chi connectivity index (χ3n) is 1.96. The van der Waals surface area contributed by atoms with Gasteiger partial charge in [-0.1, -0.05) is 5.16 Å². The standard InChI is InChI=1S/C10H13N3O2/c1-7(5-11)6-13(3)10(14)9-4-8(2)15-12-9/h4,7H,6H2,1-3H3. The Morgan fingerprint density at radius 3 is 2.93 bits per heavy atom. The summed E-state index contributed by atoms with van der Waals surface area (Å²) in [6, 6.07) is 3.65. The van der Waals surface area contributed by atoms with Crippen molar-refractivity contribution < 1.29 is 9.32 Å². The van der Waals surface area contributed by atoms with Gasteiger partial charge in [0.15, 0.2) is 5.69 Å². The molecule has 1 aromatic heterocycles. The number of aryl methyl sites for hydroxylation is 1. The van der Waals surface area contributed by atoms with Gasteiger partial charge in [-0.25, -0.2) is 0 Å². The number of carbonyl (C=O) groups is 1. The van der Waals surface area contributed by atoms with E-state index in [0.717, 1.165) is 0 Å². The van der Waals surface area contributed by atoms with E-state index in [1.807, 2.05) is 0 Å². The Labute approximate surface area is 88.3 Å². The van der Waals surface area contributed by atoms with Gasteiger partial charge in [-0.2, -0.15) is 5.26 Å². The Hall–Kier alpha value is -1.83. The van der Waals surface area contributed by atoms with Crippen LogP contribution in [-0.4, -0.2) is 29.6 Å². The van der Waals surface area contributed by atoms with Crippen LogP contribution in [0.2, 0.25) is 0 Å². The summed E-state index contributed by atoms with van der Waals surface area (Å²) in [6.07, 6.45) is 0. The van der Waals surface area contributed by atoms with Crippen LogP contribution in [0.25, 0.3) is 0 Å². The first-order valence-electron chi connectivity index (χ1n) is 4.63. The zero-order valence-electron chi connectivity index (χ0n) is 9.02. The monoisotopic (exact) mass is 207 g/mol. The van der Waals surface area contributed by atoms with Crippen molar-refractivity contribution in [3.63, 3.8) is 0 Å². The van der Waals surface area contributed by atoms with Gasteiger partial charge in [-0.3, -0.25) is 4.79 Å². The van der Waals surface area contributed by atoms with Crippen LogP contribution >= 0.6 is 0 Å². The molecule has 1 unspecified atom stereocenters. The van der Waals surface area contributed by atoms with Crippen molar-refractivity contribution >= 4 is 5.91 Å². The molecule has 0 aliphatic heterocycles. The Morgan fingerprint density at radius 1 is 1.80 bits per heavy atom. The molecule has 0 aliphatic carbocycles. The number of amides is 1. The minimum absolute atomic E-state index is 0.188. The van der Waals surface area contributed by atoms with E-state index in [1.165, 1.54) is 4.90 Å². The predicted molar refractivity (Wildman–Crippen MR) is 53.0 cm³/mol. The zero-order valence-corrected chi connectivity index (χ0v) is 9.02. The summed E-state index contributed by atoms with van der Waals surface area (Å²) in [6.45, 7) is 3.88. The third-order valence-corrected chi connectivity index (χ3v) is 1.96. The van der Waals surface area contributed by atoms with Crippen LogP contribution in [0.3, 0.4) is 0 Å². The van der Waals surface area contributed by atoms with Gasteiger partial charge in [0.25, 0.3) is 5.91 Å². The fourth-order valence-corrected chi connectivity index (χ4v) is 1.20. The van der Waals surface area contributed by atoms with E-state index in [4.69, 9.17) is 9.78 Å². The highest BCUT2D eigenvalue weighted by molar-refractivity contribution is 5.92. The van der Waals surface area contributed by atoms with Crippen LogP contribution in [0.15, 0.2) is 10.6 Å². The van der Waals surface area contributed by atoms with Crippen molar-refractivity contribution in [2.75, 3.05) is 13.6 Å². The number of nitrogens with zero attached hydrogens (tertiary/aromatic N) is 3. The molecule has 1 rings (SSSR count). The van der Waals surface area contributed by atoms with E-state index in [9.17, 15) is 4.79 Å². The van der Waals surface area contributed by atoms with Gasteiger partial charge in [0, 0.05) is 19.7 Å². The predicted octanol–water partition coefficient (Wildman–Crippen LogP) is 1.21. The molecule has 1 atom stereocenters. The first kappa shape index (κ1) is 11.2. The quantitative estimate of drug-likeness (QED) is 0.747. The van der Waals surface area contributed by atoms with E-state index in [1.54, 1.807) is 27.0 Å². The van der Waals surface area contributed by atoms with Gasteiger partial charge in [0.1, 0.15) is 5.76 Å². The van der Waals surface area contributed by atoms with E-state index < -0.39 is 0 Å². The molecule has 5 heteroatoms. The van der Waals surface area contributed by atoms with E-state index in [2.05, 4.69) is 11.2 Å². The summed E-state index contributed by atoms with van der Waals surface area (Å²) in [5, 5.41) is 12.2. The lowest BCUT2D eigenvalue weighted by Gasteiger charge is -2.16. The van der Waals surface area contributed by atoms with E-state index in [-0.39, 0.29) is 17.5 Å². The number of aromatic nitrogens is 1. The fraction of sp³-hybridized carbons (Fsp3) is 0.500. The summed E-state index contributed by atoms with van der Waals surface area (Å²) >= 11 is 0. The van der Waals surface area contributed by atoms with Crippen molar-refractivity contribution in [1.29, 1.82) is 5.26 Å². The minimum Gasteiger partial charge on any atom is -0.361 e. The number of hydrogen-bond donors (Lipinski definition) is 0. The summed E-state index contributed by atoms with van der Waals surface area (Å²) < 4.78 is 4.80. The summed E-state index contributed by atoms with van der Waals surface area (Å²) in [5.74, 6) is 0.181. The molecule has 0 radical (unpaired) electrons. The molecule has 80 valence electrons. The second-order valence-corrected chi connectivity index (χ2v) is 3.54. The molecule has 15 heavy (non-hydrogen) atoms. The lowest BCUT2D eigenvalue weighted by Crippen LogP contribution is -2.30. The van der Waals surface area contributed by atoms with Crippen LogP contribution in [0.5, 0.6) is 0 Å². The largest absolute Gasteiger partial charge is 0.361 e. The highest BCUT2D eigenvalue weighted by atomic mass is 16.5. The van der Waals surface area contributed by atoms with Crippen molar-refractivity contribution in [2.45, 2.75) is 13.8 Å². The molecule has 0 aliphatic rings. The van der Waals surface area contributed by atoms with Crippen LogP contribution in [0.4, 0.5) is 0 Å². The van der Waals surface area contributed by atoms with Gasteiger partial charge in [0.05, 0.1) is 12.0 Å². The maximum atomic E-state index is 11.7. The maximum Gasteiger partial charge on any atom is 0.275 e. The lowest BCUT2D eigenvalue weighted by atomic mass is 10.2. The zero-order chi connectivity index (χ0) is 11.4. The maximum absolute atomic E-state index is 11.7. The fourth-order valence-electron chi connectivity index (χ4n) is 1.20. The molecule has 0 aromatic carbocycles. The second-order valence-electron chi connectivity index (χ2n) is 3.54. The van der Waals surface area contributed by atoms with Crippen LogP contribution in [0.1, 0.15) is 23.2 Å². The van der Waals surface area contributed by atoms with Gasteiger partial charge in [-0.05, 0) is 13.8 Å². The molecule has 0 saturated carbocycles. The highest BCUT2D eigenvalue weighted by Gasteiger charge is 2.17. The molecule has 1 heterocycles. The molecule has 1 aromatic rings. The molecule has 0 saturated heterocycles. The van der Waals surface area contributed by atoms with Gasteiger partial charge >= 0.3 is 0 Å². The van der Waals surface area contributed by atoms with Gasteiger partial charge < -0.3 is 9.42 Å². The topological polar surface area (TPSA) is 70.1 Å². The third kappa shape index (κ3) is 2.81. The molecule has 0 fully saturated rings. The summed E-state index contributed by atoms with van der Waals surface area (Å²) in [4.78, 5) is 13.2. The van der Waals surface area contributed by atoms with Crippen LogP contribution in [0, 0.1) is 24.2 Å². The van der Waals surface area contributed by atoms with Crippen molar-refractivity contribution in [1.82, 2.24) is 10.1 Å². The normalized spacial score (nSPS) is 11.9. The van der Waals surface area contributed by atoms with Gasteiger partial charge in [-0.15, -0.1) is 0 Å². The summed E-state index contributed by atoms with van der Waals surface area (Å²) in [7, 11) is 1.64. The van der Waals surface area contributed by atoms with Crippen LogP contribution in [-0.2, 0) is 0 Å². The molecule has 5 nitrogen and oxygen atoms in total. The molecular formula is C10H13N3O2. The van der Waals surface area contributed by atoms with Crippen molar-refractivity contribution in [3.05, 3.63) is 17.5 Å². The summed E-state index contributed by atoms with van der Waals surface area (Å²) in [5.41, 5.74) is 0.278. The van der Waals surface area contributed by atoms with Crippen molar-refractivity contribution in [2.24, 2.45) is 5.92 Å². The highest BCUT2D eigenvalue weighted by Crippen LogP contribution is 2.06. The minimum atomic E-state index is -0.228. The number of carbonyl (C=O) groups excluding carboxylic acids is 1. The Kier molecular flexibility index (Phi) is 3.45. The second kappa shape index (κ2) is 4.60. The number of hydrogen-bond acceptors (Lipinski definition) is 4. The first-order chi connectivity index (χ1) is 7.04. The Morgan fingerprint density at radius 2 is 2.47 bits per heavy atom. The van der Waals surface area contributed by atoms with Gasteiger partial charge in [0.2, 0.25) is 0 Å². The average molecular weight is 207 g/mol. The average Bonchev–Trinajstić information content (AvgIpc) is 2.63.